The van der Waals surface area contributed by atoms with Gasteiger partial charge in [0.1, 0.15) is 5.69 Å². The first-order valence-corrected chi connectivity index (χ1v) is 5.05. The largest absolute Gasteiger partial charge is 0.399 e. The maximum absolute atomic E-state index is 10.9. The second-order valence-electron chi connectivity index (χ2n) is 3.60. The minimum atomic E-state index is -0.402. The zero-order chi connectivity index (χ0) is 11.5. The lowest BCUT2D eigenvalue weighted by molar-refractivity contribution is -0.384. The van der Waals surface area contributed by atoms with Crippen molar-refractivity contribution in [3.8, 4) is 0 Å². The highest BCUT2D eigenvalue weighted by Gasteiger charge is 2.21. The van der Waals surface area contributed by atoms with Crippen molar-refractivity contribution in [3.05, 3.63) is 28.3 Å². The Morgan fingerprint density at radius 2 is 2.06 bits per heavy atom. The number of nitro groups is 1. The van der Waals surface area contributed by atoms with Crippen LogP contribution in [0.3, 0.4) is 0 Å². The van der Waals surface area contributed by atoms with Gasteiger partial charge in [-0.15, -0.1) is 0 Å². The Kier molecular flexibility index (Phi) is 2.91. The number of anilines is 2. The predicted molar refractivity (Wildman–Crippen MR) is 60.5 cm³/mol. The van der Waals surface area contributed by atoms with Gasteiger partial charge in [0, 0.05) is 24.8 Å². The Balaban J connectivity index is 2.34. The average Bonchev–Trinajstić information content (AvgIpc) is 2.30. The van der Waals surface area contributed by atoms with E-state index in [-0.39, 0.29) is 5.69 Å². The molecule has 1 aromatic rings. The topological polar surface area (TPSA) is 81.6 Å². The van der Waals surface area contributed by atoms with Gasteiger partial charge in [-0.1, -0.05) is 0 Å². The summed E-state index contributed by atoms with van der Waals surface area (Å²) in [4.78, 5) is 12.5. The van der Waals surface area contributed by atoms with Gasteiger partial charge in [-0.3, -0.25) is 10.1 Å². The number of nitrogen functional groups attached to an aromatic ring is 1. The molecule has 0 saturated carbocycles. The highest BCUT2D eigenvalue weighted by atomic mass is 16.6. The van der Waals surface area contributed by atoms with Crippen LogP contribution in [0.5, 0.6) is 0 Å². The van der Waals surface area contributed by atoms with E-state index in [2.05, 4.69) is 0 Å². The van der Waals surface area contributed by atoms with Crippen LogP contribution in [0.4, 0.5) is 17.1 Å². The fourth-order valence-electron chi connectivity index (χ4n) is 1.76. The van der Waals surface area contributed by atoms with E-state index in [1.165, 1.54) is 6.07 Å². The number of nitro benzene ring substituents is 1. The summed E-state index contributed by atoms with van der Waals surface area (Å²) in [5.41, 5.74) is 6.62. The van der Waals surface area contributed by atoms with Gasteiger partial charge in [0.15, 0.2) is 0 Å². The second kappa shape index (κ2) is 4.36. The number of ether oxygens (including phenoxy) is 1. The highest BCUT2D eigenvalue weighted by Crippen LogP contribution is 2.30. The van der Waals surface area contributed by atoms with Crippen LogP contribution >= 0.6 is 0 Å². The van der Waals surface area contributed by atoms with Crippen LogP contribution in [-0.2, 0) is 4.74 Å². The van der Waals surface area contributed by atoms with Gasteiger partial charge < -0.3 is 15.4 Å². The minimum Gasteiger partial charge on any atom is -0.399 e. The first-order valence-electron chi connectivity index (χ1n) is 5.05. The van der Waals surface area contributed by atoms with Gasteiger partial charge in [0.2, 0.25) is 0 Å². The van der Waals surface area contributed by atoms with E-state index >= 15 is 0 Å². The molecule has 1 heterocycles. The second-order valence-corrected chi connectivity index (χ2v) is 3.60. The summed E-state index contributed by atoms with van der Waals surface area (Å²) in [6.07, 6.45) is 0. The van der Waals surface area contributed by atoms with Gasteiger partial charge in [0.25, 0.3) is 5.69 Å². The van der Waals surface area contributed by atoms with Crippen molar-refractivity contribution in [3.63, 3.8) is 0 Å². The van der Waals surface area contributed by atoms with Crippen LogP contribution < -0.4 is 10.6 Å². The summed E-state index contributed by atoms with van der Waals surface area (Å²) in [5, 5.41) is 10.9. The van der Waals surface area contributed by atoms with Crippen LogP contribution in [0.25, 0.3) is 0 Å². The summed E-state index contributed by atoms with van der Waals surface area (Å²) >= 11 is 0. The van der Waals surface area contributed by atoms with Crippen LogP contribution in [0.2, 0.25) is 0 Å². The van der Waals surface area contributed by atoms with Crippen LogP contribution in [-0.4, -0.2) is 31.2 Å². The summed E-state index contributed by atoms with van der Waals surface area (Å²) < 4.78 is 5.21. The highest BCUT2D eigenvalue weighted by molar-refractivity contribution is 5.68. The van der Waals surface area contributed by atoms with Crippen LogP contribution in [0.1, 0.15) is 0 Å². The normalized spacial score (nSPS) is 16.1. The number of hydrogen-bond donors (Lipinski definition) is 1. The zero-order valence-electron chi connectivity index (χ0n) is 8.76. The molecule has 6 heteroatoms. The van der Waals surface area contributed by atoms with Crippen molar-refractivity contribution in [2.45, 2.75) is 0 Å². The molecule has 2 rings (SSSR count). The third-order valence-electron chi connectivity index (χ3n) is 2.55. The molecule has 0 aromatic heterocycles. The summed E-state index contributed by atoms with van der Waals surface area (Å²) in [7, 11) is 0. The number of nitrogens with two attached hydrogens (primary N) is 1. The maximum Gasteiger partial charge on any atom is 0.294 e. The molecule has 1 fully saturated rings. The van der Waals surface area contributed by atoms with Crippen molar-refractivity contribution in [2.75, 3.05) is 36.9 Å². The molecule has 1 aromatic carbocycles. The third kappa shape index (κ3) is 2.06. The lowest BCUT2D eigenvalue weighted by Gasteiger charge is -2.28. The molecule has 0 unspecified atom stereocenters. The van der Waals surface area contributed by atoms with Crippen molar-refractivity contribution in [2.24, 2.45) is 0 Å². The van der Waals surface area contributed by atoms with Gasteiger partial charge >= 0.3 is 0 Å². The molecule has 0 radical (unpaired) electrons. The maximum atomic E-state index is 10.9. The zero-order valence-corrected chi connectivity index (χ0v) is 8.76. The molecule has 0 bridgehead atoms. The summed E-state index contributed by atoms with van der Waals surface area (Å²) in [6.45, 7) is 2.54. The molecule has 1 aliphatic rings. The standard InChI is InChI=1S/C10H13N3O3/c11-8-1-2-9(10(7-8)13(14)15)12-3-5-16-6-4-12/h1-2,7H,3-6,11H2. The van der Waals surface area contributed by atoms with E-state index in [1.54, 1.807) is 12.1 Å². The van der Waals surface area contributed by atoms with E-state index < -0.39 is 4.92 Å². The van der Waals surface area contributed by atoms with Crippen molar-refractivity contribution in [1.29, 1.82) is 0 Å². The Hall–Kier alpha value is -1.82. The molecule has 1 aliphatic heterocycles. The van der Waals surface area contributed by atoms with Crippen molar-refractivity contribution in [1.82, 2.24) is 0 Å². The number of benzene rings is 1. The van der Waals surface area contributed by atoms with E-state index in [9.17, 15) is 10.1 Å². The van der Waals surface area contributed by atoms with Crippen molar-refractivity contribution < 1.29 is 9.66 Å². The lowest BCUT2D eigenvalue weighted by Crippen LogP contribution is -2.36. The molecular weight excluding hydrogens is 210 g/mol. The average molecular weight is 223 g/mol. The van der Waals surface area contributed by atoms with E-state index in [1.807, 2.05) is 4.90 Å². The first kappa shape index (κ1) is 10.7. The molecule has 86 valence electrons. The van der Waals surface area contributed by atoms with E-state index in [4.69, 9.17) is 10.5 Å². The van der Waals surface area contributed by atoms with E-state index in [0.717, 1.165) is 0 Å². The lowest BCUT2D eigenvalue weighted by atomic mass is 10.2. The molecule has 0 aliphatic carbocycles. The van der Waals surface area contributed by atoms with Gasteiger partial charge in [-0.25, -0.2) is 0 Å². The summed E-state index contributed by atoms with van der Waals surface area (Å²) in [6, 6.07) is 4.77. The SMILES string of the molecule is Nc1ccc(N2CCOCC2)c([N+](=O)[O-])c1. The van der Waals surface area contributed by atoms with E-state index in [0.29, 0.717) is 37.7 Å². The molecule has 16 heavy (non-hydrogen) atoms. The minimum absolute atomic E-state index is 0.0573. The Bertz CT molecular complexity index is 402. The van der Waals surface area contributed by atoms with Gasteiger partial charge in [-0.05, 0) is 12.1 Å². The molecule has 2 N–H and O–H groups in total. The van der Waals surface area contributed by atoms with Crippen molar-refractivity contribution >= 4 is 17.1 Å². The summed E-state index contributed by atoms with van der Waals surface area (Å²) in [5.74, 6) is 0. The molecule has 0 atom stereocenters. The van der Waals surface area contributed by atoms with Crippen LogP contribution in [0, 0.1) is 10.1 Å². The first-order chi connectivity index (χ1) is 7.68. The fourth-order valence-corrected chi connectivity index (χ4v) is 1.76. The number of hydrogen-bond acceptors (Lipinski definition) is 5. The Morgan fingerprint density at radius 3 is 2.69 bits per heavy atom. The Labute approximate surface area is 92.8 Å². The third-order valence-corrected chi connectivity index (χ3v) is 2.55. The van der Waals surface area contributed by atoms with Gasteiger partial charge in [0.05, 0.1) is 18.1 Å². The molecule has 0 amide bonds. The predicted octanol–water partition coefficient (Wildman–Crippen LogP) is 1.01. The molecule has 6 nitrogen and oxygen atoms in total. The molecular formula is C10H13N3O3. The molecule has 0 spiro atoms. The quantitative estimate of drug-likeness (QED) is 0.459. The fraction of sp³-hybridized carbons (Fsp3) is 0.400. The smallest absolute Gasteiger partial charge is 0.294 e. The number of nitrogens with zero attached hydrogens (tertiary/aromatic N) is 2. The number of rotatable bonds is 2. The van der Waals surface area contributed by atoms with Crippen LogP contribution in [0.15, 0.2) is 18.2 Å². The Morgan fingerprint density at radius 1 is 1.38 bits per heavy atom. The molecule has 1 saturated heterocycles. The number of morpholine rings is 1. The van der Waals surface area contributed by atoms with Gasteiger partial charge in [-0.2, -0.15) is 0 Å². The monoisotopic (exact) mass is 223 g/mol.